The Morgan fingerprint density at radius 1 is 1.10 bits per heavy atom. The molecule has 0 radical (unpaired) electrons. The van der Waals surface area contributed by atoms with Gasteiger partial charge in [-0.05, 0) is 37.5 Å². The monoisotopic (exact) mass is 297 g/mol. The van der Waals surface area contributed by atoms with Crippen LogP contribution in [0.3, 0.4) is 0 Å². The number of carbonyl (C=O) groups is 1. The van der Waals surface area contributed by atoms with E-state index in [0.29, 0.717) is 24.8 Å². The third-order valence-corrected chi connectivity index (χ3v) is 3.21. The Bertz CT molecular complexity index is 485. The third-order valence-electron chi connectivity index (χ3n) is 3.21. The fourth-order valence-electron chi connectivity index (χ4n) is 2.23. The number of rotatable bonds is 2. The quantitative estimate of drug-likeness (QED) is 0.853. The van der Waals surface area contributed by atoms with E-state index in [-0.39, 0.29) is 35.1 Å². The Kier molecular flexibility index (Phi) is 5.91. The Labute approximate surface area is 137 Å². The van der Waals surface area contributed by atoms with Crippen molar-refractivity contribution in [1.82, 2.24) is 0 Å². The van der Waals surface area contributed by atoms with E-state index >= 15 is 0 Å². The van der Waals surface area contributed by atoms with Gasteiger partial charge in [0.05, 0.1) is 11.1 Å². The van der Waals surface area contributed by atoms with Crippen LogP contribution in [-0.4, -0.2) is 53.7 Å². The molecule has 0 atom stereocenters. The zero-order valence-corrected chi connectivity index (χ0v) is 10.2. The summed E-state index contributed by atoms with van der Waals surface area (Å²) in [5, 5.41) is 8.91. The van der Waals surface area contributed by atoms with Gasteiger partial charge in [0.25, 0.3) is 0 Å². The normalized spacial score (nSPS) is 15.7. The molecule has 0 amide bonds. The molecule has 1 heterocycles. The van der Waals surface area contributed by atoms with E-state index in [1.807, 2.05) is 4.90 Å². The van der Waals surface area contributed by atoms with Gasteiger partial charge in [-0.2, -0.15) is 13.2 Å². The Hall–Kier alpha value is -0.720. The fourth-order valence-corrected chi connectivity index (χ4v) is 2.23. The van der Waals surface area contributed by atoms with Gasteiger partial charge >= 0.3 is 41.7 Å². The summed E-state index contributed by atoms with van der Waals surface area (Å²) >= 11 is 0. The summed E-state index contributed by atoms with van der Waals surface area (Å²) in [6.07, 6.45) is -1.64. The number of hydrogen-bond acceptors (Lipinski definition) is 2. The molecule has 0 spiro atoms. The van der Waals surface area contributed by atoms with E-state index in [9.17, 15) is 18.0 Å². The second-order valence-electron chi connectivity index (χ2n) is 4.62. The molecule has 1 N–H and O–H groups in total. The fraction of sp³-hybridized carbons (Fsp3) is 0.462. The third kappa shape index (κ3) is 4.14. The molecular weight excluding hydrogens is 282 g/mol. The minimum atomic E-state index is -4.53. The molecule has 3 nitrogen and oxygen atoms in total. The van der Waals surface area contributed by atoms with Crippen molar-refractivity contribution in [3.8, 4) is 0 Å². The molecule has 1 aromatic rings. The van der Waals surface area contributed by atoms with E-state index in [1.54, 1.807) is 0 Å². The van der Waals surface area contributed by atoms with Crippen LogP contribution in [0.2, 0.25) is 0 Å². The van der Waals surface area contributed by atoms with E-state index < -0.39 is 17.7 Å². The number of aromatic carboxylic acids is 1. The van der Waals surface area contributed by atoms with Crippen molar-refractivity contribution in [2.24, 2.45) is 0 Å². The topological polar surface area (TPSA) is 40.5 Å². The molecule has 1 aliphatic rings. The zero-order valence-electron chi connectivity index (χ0n) is 10.2. The number of hydrogen-bond donors (Lipinski definition) is 1. The van der Waals surface area contributed by atoms with Crippen molar-refractivity contribution in [3.05, 3.63) is 29.3 Å². The van der Waals surface area contributed by atoms with Crippen LogP contribution in [0.15, 0.2) is 18.2 Å². The molecule has 7 heteroatoms. The zero-order chi connectivity index (χ0) is 14.0. The number of halogens is 3. The van der Waals surface area contributed by atoms with Gasteiger partial charge in [0.2, 0.25) is 0 Å². The van der Waals surface area contributed by atoms with Gasteiger partial charge in [-0.3, -0.25) is 0 Å². The number of anilines is 1. The van der Waals surface area contributed by atoms with Crippen molar-refractivity contribution >= 4 is 41.2 Å². The molecule has 20 heavy (non-hydrogen) atoms. The number of alkyl halides is 3. The molecule has 1 aliphatic heterocycles. The summed E-state index contributed by atoms with van der Waals surface area (Å²) in [6, 6.07) is 3.01. The van der Waals surface area contributed by atoms with Crippen LogP contribution in [0, 0.1) is 0 Å². The molecule has 106 valence electrons. The van der Waals surface area contributed by atoms with Crippen LogP contribution >= 0.6 is 0 Å². The Balaban J connectivity index is 0.00000200. The van der Waals surface area contributed by atoms with Crippen LogP contribution in [0.4, 0.5) is 18.9 Å². The molecule has 0 bridgehead atoms. The van der Waals surface area contributed by atoms with E-state index in [4.69, 9.17) is 5.11 Å². The van der Waals surface area contributed by atoms with Crippen molar-refractivity contribution < 1.29 is 23.1 Å². The summed E-state index contributed by atoms with van der Waals surface area (Å²) in [6.45, 7) is 1.33. The second-order valence-corrected chi connectivity index (χ2v) is 4.62. The predicted octanol–water partition coefficient (Wildman–Crippen LogP) is 2.75. The van der Waals surface area contributed by atoms with Gasteiger partial charge in [0.1, 0.15) is 0 Å². The molecule has 1 aromatic carbocycles. The van der Waals surface area contributed by atoms with Crippen LogP contribution in [0.5, 0.6) is 0 Å². The molecule has 0 unspecified atom stereocenters. The van der Waals surface area contributed by atoms with Crippen LogP contribution in [0.25, 0.3) is 0 Å². The number of piperidine rings is 1. The van der Waals surface area contributed by atoms with Crippen molar-refractivity contribution in [2.45, 2.75) is 25.4 Å². The predicted molar refractivity (Wildman–Crippen MR) is 71.6 cm³/mol. The van der Waals surface area contributed by atoms with E-state index in [0.717, 1.165) is 25.3 Å². The molecule has 0 saturated carbocycles. The molecule has 0 aromatic heterocycles. The van der Waals surface area contributed by atoms with Crippen LogP contribution < -0.4 is 4.90 Å². The molecule has 1 saturated heterocycles. The van der Waals surface area contributed by atoms with Crippen LogP contribution in [-0.2, 0) is 6.18 Å². The minimum absolute atomic E-state index is 0. The van der Waals surface area contributed by atoms with Crippen molar-refractivity contribution in [1.29, 1.82) is 0 Å². The summed E-state index contributed by atoms with van der Waals surface area (Å²) in [7, 11) is 0. The van der Waals surface area contributed by atoms with Gasteiger partial charge in [-0.25, -0.2) is 4.79 Å². The van der Waals surface area contributed by atoms with Gasteiger partial charge < -0.3 is 10.0 Å². The van der Waals surface area contributed by atoms with Crippen molar-refractivity contribution in [3.63, 3.8) is 0 Å². The SMILES string of the molecule is O=C(O)c1cc(N2CCCCC2)cc(C(F)(F)F)c1.[NaH]. The van der Waals surface area contributed by atoms with Gasteiger partial charge in [-0.15, -0.1) is 0 Å². The van der Waals surface area contributed by atoms with Gasteiger partial charge in [0.15, 0.2) is 0 Å². The van der Waals surface area contributed by atoms with E-state index in [1.165, 1.54) is 6.07 Å². The standard InChI is InChI=1S/C13H14F3NO2.Na.H/c14-13(15,16)10-6-9(12(18)19)7-11(8-10)17-4-2-1-3-5-17;;/h6-8H,1-5H2,(H,18,19);;. The number of nitrogens with zero attached hydrogens (tertiary/aromatic N) is 1. The summed E-state index contributed by atoms with van der Waals surface area (Å²) < 4.78 is 38.3. The Morgan fingerprint density at radius 2 is 1.70 bits per heavy atom. The summed E-state index contributed by atoms with van der Waals surface area (Å²) in [5.41, 5.74) is -0.893. The first-order chi connectivity index (χ1) is 8.88. The first kappa shape index (κ1) is 17.3. The first-order valence-electron chi connectivity index (χ1n) is 6.08. The number of carboxylic acid groups (broad SMARTS) is 1. The summed E-state index contributed by atoms with van der Waals surface area (Å²) in [5.74, 6) is -1.34. The first-order valence-corrected chi connectivity index (χ1v) is 6.08. The molecule has 2 rings (SSSR count). The Morgan fingerprint density at radius 3 is 2.20 bits per heavy atom. The summed E-state index contributed by atoms with van der Waals surface area (Å²) in [4.78, 5) is 12.7. The van der Waals surface area contributed by atoms with E-state index in [2.05, 4.69) is 0 Å². The van der Waals surface area contributed by atoms with Gasteiger partial charge in [-0.1, -0.05) is 0 Å². The maximum absolute atomic E-state index is 12.8. The molecule has 1 fully saturated rings. The second kappa shape index (κ2) is 6.83. The molecule has 0 aliphatic carbocycles. The maximum atomic E-state index is 12.8. The average molecular weight is 297 g/mol. The van der Waals surface area contributed by atoms with Gasteiger partial charge in [0, 0.05) is 18.8 Å². The van der Waals surface area contributed by atoms with Crippen LogP contribution in [0.1, 0.15) is 35.2 Å². The van der Waals surface area contributed by atoms with Crippen molar-refractivity contribution in [2.75, 3.05) is 18.0 Å². The molecular formula is C13H15F3NNaO2. The number of carboxylic acids is 1. The average Bonchev–Trinajstić information content (AvgIpc) is 2.38. The number of benzene rings is 1.